The molecule has 0 bridgehead atoms. The predicted octanol–water partition coefficient (Wildman–Crippen LogP) is 5.95. The highest BCUT2D eigenvalue weighted by molar-refractivity contribution is 6.33. The summed E-state index contributed by atoms with van der Waals surface area (Å²) < 4.78 is 26.9. The standard InChI is InChI=1S/C26H26ClFN4O2/c1-4-10-31(13-17-6-5-7-18(28)11-17)26-21-14-34-15-23(21)29-25-24(16(2)30-32(25)26)20-9-8-19(33-3)12-22(20)27/h5-9,11-12H,4,10,13-15H2,1-3H3. The maximum absolute atomic E-state index is 13.9. The number of ether oxygens (including phenoxy) is 2. The number of rotatable bonds is 7. The number of benzene rings is 2. The number of halogens is 2. The molecule has 0 radical (unpaired) electrons. The summed E-state index contributed by atoms with van der Waals surface area (Å²) in [5.41, 5.74) is 6.09. The average Bonchev–Trinajstić information content (AvgIpc) is 3.40. The van der Waals surface area contributed by atoms with Gasteiger partial charge in [-0.3, -0.25) is 0 Å². The summed E-state index contributed by atoms with van der Waals surface area (Å²) in [6.07, 6.45) is 0.923. The first-order valence-electron chi connectivity index (χ1n) is 11.3. The molecule has 176 valence electrons. The van der Waals surface area contributed by atoms with E-state index >= 15 is 0 Å². The summed E-state index contributed by atoms with van der Waals surface area (Å²) in [5, 5.41) is 5.48. The Morgan fingerprint density at radius 1 is 1.21 bits per heavy atom. The minimum Gasteiger partial charge on any atom is -0.497 e. The molecule has 4 aromatic rings. The van der Waals surface area contributed by atoms with Crippen LogP contribution in [0.1, 0.15) is 35.9 Å². The van der Waals surface area contributed by atoms with E-state index in [-0.39, 0.29) is 5.82 Å². The van der Waals surface area contributed by atoms with Gasteiger partial charge in [0.2, 0.25) is 0 Å². The molecule has 0 saturated heterocycles. The number of methoxy groups -OCH3 is 1. The van der Waals surface area contributed by atoms with E-state index in [2.05, 4.69) is 11.8 Å². The molecule has 2 aromatic heterocycles. The van der Waals surface area contributed by atoms with Crippen molar-refractivity contribution in [2.24, 2.45) is 0 Å². The van der Waals surface area contributed by atoms with Gasteiger partial charge in [-0.15, -0.1) is 0 Å². The topological polar surface area (TPSA) is 51.9 Å². The van der Waals surface area contributed by atoms with Gasteiger partial charge in [-0.2, -0.15) is 9.61 Å². The lowest BCUT2D eigenvalue weighted by atomic mass is 10.1. The zero-order chi connectivity index (χ0) is 23.8. The van der Waals surface area contributed by atoms with E-state index in [1.807, 2.05) is 29.6 Å². The molecule has 0 N–H and O–H groups in total. The van der Waals surface area contributed by atoms with Gasteiger partial charge in [0.1, 0.15) is 17.4 Å². The monoisotopic (exact) mass is 480 g/mol. The van der Waals surface area contributed by atoms with Crippen LogP contribution in [0, 0.1) is 12.7 Å². The third kappa shape index (κ3) is 3.99. The molecule has 0 fully saturated rings. The third-order valence-corrected chi connectivity index (χ3v) is 6.39. The number of anilines is 1. The third-order valence-electron chi connectivity index (χ3n) is 6.08. The lowest BCUT2D eigenvalue weighted by Crippen LogP contribution is -2.27. The Kier molecular flexibility index (Phi) is 6.15. The first-order chi connectivity index (χ1) is 16.5. The zero-order valence-corrected chi connectivity index (χ0v) is 20.2. The van der Waals surface area contributed by atoms with E-state index in [1.165, 1.54) is 6.07 Å². The molecule has 6 nitrogen and oxygen atoms in total. The van der Waals surface area contributed by atoms with Crippen molar-refractivity contribution < 1.29 is 13.9 Å². The number of hydrogen-bond acceptors (Lipinski definition) is 5. The Morgan fingerprint density at radius 2 is 2.06 bits per heavy atom. The minimum absolute atomic E-state index is 0.242. The molecule has 1 aliphatic rings. The molecule has 8 heteroatoms. The van der Waals surface area contributed by atoms with Crippen molar-refractivity contribution in [3.05, 3.63) is 75.8 Å². The van der Waals surface area contributed by atoms with E-state index in [1.54, 1.807) is 25.3 Å². The highest BCUT2D eigenvalue weighted by atomic mass is 35.5. The molecule has 1 aliphatic heterocycles. The highest BCUT2D eigenvalue weighted by Crippen LogP contribution is 2.39. The lowest BCUT2D eigenvalue weighted by molar-refractivity contribution is 0.133. The molecule has 0 saturated carbocycles. The molecule has 2 aromatic carbocycles. The van der Waals surface area contributed by atoms with Gasteiger partial charge in [0.15, 0.2) is 5.65 Å². The van der Waals surface area contributed by atoms with Gasteiger partial charge in [-0.25, -0.2) is 9.37 Å². The van der Waals surface area contributed by atoms with E-state index in [4.69, 9.17) is 31.2 Å². The van der Waals surface area contributed by atoms with Gasteiger partial charge >= 0.3 is 0 Å². The number of aryl methyl sites for hydroxylation is 1. The molecule has 0 aliphatic carbocycles. The maximum atomic E-state index is 13.9. The van der Waals surface area contributed by atoms with Gasteiger partial charge in [0.05, 0.1) is 42.3 Å². The Hall–Kier alpha value is -3.16. The fraction of sp³-hybridized carbons (Fsp3) is 0.308. The van der Waals surface area contributed by atoms with Gasteiger partial charge in [-0.1, -0.05) is 30.7 Å². The van der Waals surface area contributed by atoms with Crippen molar-refractivity contribution in [3.8, 4) is 16.9 Å². The van der Waals surface area contributed by atoms with Gasteiger partial charge in [0.25, 0.3) is 0 Å². The minimum atomic E-state index is -0.242. The largest absolute Gasteiger partial charge is 0.497 e. The van der Waals surface area contributed by atoms with Crippen molar-refractivity contribution in [3.63, 3.8) is 0 Å². The van der Waals surface area contributed by atoms with Crippen LogP contribution in [0.5, 0.6) is 5.75 Å². The van der Waals surface area contributed by atoms with Crippen LogP contribution in [0.2, 0.25) is 5.02 Å². The van der Waals surface area contributed by atoms with Crippen LogP contribution in [0.4, 0.5) is 10.2 Å². The Balaban J connectivity index is 1.71. The lowest BCUT2D eigenvalue weighted by Gasteiger charge is -2.27. The highest BCUT2D eigenvalue weighted by Gasteiger charge is 2.28. The van der Waals surface area contributed by atoms with Gasteiger partial charge in [0, 0.05) is 24.2 Å². The normalized spacial score (nSPS) is 12.9. The van der Waals surface area contributed by atoms with Crippen molar-refractivity contribution in [1.29, 1.82) is 0 Å². The number of aromatic nitrogens is 3. The van der Waals surface area contributed by atoms with Crippen LogP contribution < -0.4 is 9.64 Å². The average molecular weight is 481 g/mol. The first-order valence-corrected chi connectivity index (χ1v) is 11.7. The van der Waals surface area contributed by atoms with Crippen molar-refractivity contribution in [2.75, 3.05) is 18.6 Å². The SMILES string of the molecule is CCCN(Cc1cccc(F)c1)c1c2c(nc3c(-c4ccc(OC)cc4Cl)c(C)nn13)COC2. The molecular weight excluding hydrogens is 455 g/mol. The molecule has 0 unspecified atom stereocenters. The summed E-state index contributed by atoms with van der Waals surface area (Å²) in [4.78, 5) is 7.20. The summed E-state index contributed by atoms with van der Waals surface area (Å²) in [7, 11) is 1.62. The molecule has 5 rings (SSSR count). The molecule has 0 spiro atoms. The number of nitrogens with zero attached hydrogens (tertiary/aromatic N) is 4. The molecule has 3 heterocycles. The number of fused-ring (bicyclic) bond motifs is 2. The van der Waals surface area contributed by atoms with Crippen molar-refractivity contribution in [2.45, 2.75) is 40.0 Å². The van der Waals surface area contributed by atoms with E-state index in [0.717, 1.165) is 58.1 Å². The molecule has 0 amide bonds. The quantitative estimate of drug-likeness (QED) is 0.327. The number of hydrogen-bond donors (Lipinski definition) is 0. The molecule has 34 heavy (non-hydrogen) atoms. The first kappa shape index (κ1) is 22.6. The Morgan fingerprint density at radius 3 is 2.79 bits per heavy atom. The summed E-state index contributed by atoms with van der Waals surface area (Å²) in [6, 6.07) is 12.3. The molecular formula is C26H26ClFN4O2. The van der Waals surface area contributed by atoms with Crippen LogP contribution >= 0.6 is 11.6 Å². The smallest absolute Gasteiger partial charge is 0.165 e. The second-order valence-corrected chi connectivity index (χ2v) is 8.85. The molecule has 0 atom stereocenters. The Bertz CT molecular complexity index is 1370. The van der Waals surface area contributed by atoms with Gasteiger partial charge in [-0.05, 0) is 49.2 Å². The summed E-state index contributed by atoms with van der Waals surface area (Å²) >= 11 is 6.65. The van der Waals surface area contributed by atoms with E-state index in [0.29, 0.717) is 30.5 Å². The van der Waals surface area contributed by atoms with E-state index in [9.17, 15) is 4.39 Å². The van der Waals surface area contributed by atoms with Crippen LogP contribution in [0.25, 0.3) is 16.8 Å². The Labute approximate surface area is 202 Å². The summed E-state index contributed by atoms with van der Waals surface area (Å²) in [5.74, 6) is 1.38. The summed E-state index contributed by atoms with van der Waals surface area (Å²) in [6.45, 7) is 6.33. The second-order valence-electron chi connectivity index (χ2n) is 8.45. The second kappa shape index (κ2) is 9.24. The maximum Gasteiger partial charge on any atom is 0.165 e. The van der Waals surface area contributed by atoms with Gasteiger partial charge < -0.3 is 14.4 Å². The van der Waals surface area contributed by atoms with Crippen molar-refractivity contribution >= 4 is 23.1 Å². The van der Waals surface area contributed by atoms with Crippen LogP contribution in [0.3, 0.4) is 0 Å². The predicted molar refractivity (Wildman–Crippen MR) is 131 cm³/mol. The fourth-order valence-corrected chi connectivity index (χ4v) is 4.85. The zero-order valence-electron chi connectivity index (χ0n) is 19.4. The fourth-order valence-electron chi connectivity index (χ4n) is 4.59. The van der Waals surface area contributed by atoms with Crippen LogP contribution in [0.15, 0.2) is 42.5 Å². The van der Waals surface area contributed by atoms with Crippen molar-refractivity contribution in [1.82, 2.24) is 14.6 Å². The van der Waals surface area contributed by atoms with Crippen LogP contribution in [-0.2, 0) is 24.5 Å². The van der Waals surface area contributed by atoms with Crippen LogP contribution in [-0.4, -0.2) is 28.3 Å². The van der Waals surface area contributed by atoms with E-state index < -0.39 is 0 Å².